The highest BCUT2D eigenvalue weighted by Crippen LogP contribution is 2.35. The van der Waals surface area contributed by atoms with E-state index in [1.54, 1.807) is 11.3 Å². The van der Waals surface area contributed by atoms with Crippen LogP contribution >= 0.6 is 11.3 Å². The maximum absolute atomic E-state index is 11.1. The van der Waals surface area contributed by atoms with Crippen LogP contribution in [0.5, 0.6) is 0 Å². The van der Waals surface area contributed by atoms with Crippen molar-refractivity contribution in [1.29, 1.82) is 0 Å². The van der Waals surface area contributed by atoms with Gasteiger partial charge in [0.2, 0.25) is 0 Å². The van der Waals surface area contributed by atoms with Crippen molar-refractivity contribution < 1.29 is 9.53 Å². The van der Waals surface area contributed by atoms with Crippen LogP contribution in [-0.2, 0) is 16.1 Å². The van der Waals surface area contributed by atoms with Gasteiger partial charge in [-0.3, -0.25) is 4.79 Å². The van der Waals surface area contributed by atoms with E-state index < -0.39 is 0 Å². The van der Waals surface area contributed by atoms with Gasteiger partial charge < -0.3 is 15.8 Å². The summed E-state index contributed by atoms with van der Waals surface area (Å²) in [7, 11) is 0. The third kappa shape index (κ3) is 4.89. The zero-order valence-electron chi connectivity index (χ0n) is 17.1. The molecule has 1 aliphatic rings. The standard InChI is InChI=1S/C24H27N3O2S/c1-16(28)29-21-12-10-18(11-13-21)17-6-8-19(9-7-17)23-15-30-24(27-23)26-22-5-3-2-4-20(22)14-25/h2-9,15,18,21H,10-14,25H2,1H3,(H,26,27). The Labute approximate surface area is 181 Å². The first-order valence-corrected chi connectivity index (χ1v) is 11.3. The SMILES string of the molecule is CC(=O)OC1CCC(c2ccc(-c3csc(Nc4ccccc4CN)n3)cc2)CC1. The van der Waals surface area contributed by atoms with Crippen LogP contribution < -0.4 is 11.1 Å². The summed E-state index contributed by atoms with van der Waals surface area (Å²) in [5, 5.41) is 6.32. The molecule has 3 aromatic rings. The van der Waals surface area contributed by atoms with Crippen LogP contribution in [-0.4, -0.2) is 17.1 Å². The number of carbonyl (C=O) groups excluding carboxylic acids is 1. The Morgan fingerprint density at radius 1 is 1.13 bits per heavy atom. The average Bonchev–Trinajstić information content (AvgIpc) is 3.23. The van der Waals surface area contributed by atoms with E-state index in [9.17, 15) is 4.79 Å². The number of hydrogen-bond acceptors (Lipinski definition) is 6. The van der Waals surface area contributed by atoms with E-state index >= 15 is 0 Å². The van der Waals surface area contributed by atoms with Crippen molar-refractivity contribution in [2.24, 2.45) is 5.73 Å². The summed E-state index contributed by atoms with van der Waals surface area (Å²) < 4.78 is 5.35. The number of nitrogens with one attached hydrogen (secondary N) is 1. The number of anilines is 2. The van der Waals surface area contributed by atoms with Gasteiger partial charge in [-0.05, 0) is 48.8 Å². The van der Waals surface area contributed by atoms with Crippen LogP contribution in [0.25, 0.3) is 11.3 Å². The van der Waals surface area contributed by atoms with Gasteiger partial charge in [-0.25, -0.2) is 4.98 Å². The minimum atomic E-state index is -0.175. The number of carbonyl (C=O) groups is 1. The predicted octanol–water partition coefficient (Wildman–Crippen LogP) is 5.60. The number of thiazole rings is 1. The lowest BCUT2D eigenvalue weighted by Gasteiger charge is -2.28. The minimum absolute atomic E-state index is 0.0864. The number of esters is 1. The highest BCUT2D eigenvalue weighted by Gasteiger charge is 2.24. The molecule has 0 radical (unpaired) electrons. The molecule has 0 aliphatic heterocycles. The van der Waals surface area contributed by atoms with Crippen LogP contribution in [0.3, 0.4) is 0 Å². The molecule has 0 bridgehead atoms. The van der Waals surface area contributed by atoms with Gasteiger partial charge in [-0.2, -0.15) is 0 Å². The molecule has 1 fully saturated rings. The largest absolute Gasteiger partial charge is 0.463 e. The fraction of sp³-hybridized carbons (Fsp3) is 0.333. The number of benzene rings is 2. The first-order valence-electron chi connectivity index (χ1n) is 10.4. The van der Waals surface area contributed by atoms with E-state index in [2.05, 4.69) is 35.0 Å². The first kappa shape index (κ1) is 20.6. The monoisotopic (exact) mass is 421 g/mol. The normalized spacial score (nSPS) is 18.7. The maximum atomic E-state index is 11.1. The topological polar surface area (TPSA) is 77.2 Å². The molecule has 3 N–H and O–H groups in total. The lowest BCUT2D eigenvalue weighted by atomic mass is 9.82. The zero-order valence-corrected chi connectivity index (χ0v) is 18.0. The Morgan fingerprint density at radius 3 is 2.57 bits per heavy atom. The highest BCUT2D eigenvalue weighted by atomic mass is 32.1. The van der Waals surface area contributed by atoms with Crippen LogP contribution in [0.4, 0.5) is 10.8 Å². The number of nitrogens with two attached hydrogens (primary N) is 1. The molecule has 5 nitrogen and oxygen atoms in total. The quantitative estimate of drug-likeness (QED) is 0.507. The first-order chi connectivity index (χ1) is 14.6. The molecule has 0 amide bonds. The van der Waals surface area contributed by atoms with Crippen LogP contribution in [0.1, 0.15) is 49.7 Å². The third-order valence-corrected chi connectivity index (χ3v) is 6.43. The smallest absolute Gasteiger partial charge is 0.302 e. The molecule has 1 aliphatic carbocycles. The molecule has 0 saturated heterocycles. The molecule has 2 aromatic carbocycles. The molecular weight excluding hydrogens is 394 g/mol. The molecular formula is C24H27N3O2S. The number of rotatable bonds is 6. The molecule has 0 unspecified atom stereocenters. The molecule has 6 heteroatoms. The minimum Gasteiger partial charge on any atom is -0.463 e. The number of hydrogen-bond donors (Lipinski definition) is 2. The molecule has 1 saturated carbocycles. The fourth-order valence-electron chi connectivity index (χ4n) is 4.07. The van der Waals surface area contributed by atoms with Gasteiger partial charge in [-0.1, -0.05) is 42.5 Å². The third-order valence-electron chi connectivity index (χ3n) is 5.67. The number of para-hydroxylation sites is 1. The van der Waals surface area contributed by atoms with E-state index in [0.29, 0.717) is 12.5 Å². The molecule has 156 valence electrons. The Morgan fingerprint density at radius 2 is 1.87 bits per heavy atom. The number of nitrogens with zero attached hydrogens (tertiary/aromatic N) is 1. The van der Waals surface area contributed by atoms with Gasteiger partial charge in [0.25, 0.3) is 0 Å². The van der Waals surface area contributed by atoms with Crippen molar-refractivity contribution in [1.82, 2.24) is 4.98 Å². The molecule has 1 heterocycles. The van der Waals surface area contributed by atoms with E-state index in [1.807, 2.05) is 24.3 Å². The second-order valence-electron chi connectivity index (χ2n) is 7.73. The summed E-state index contributed by atoms with van der Waals surface area (Å²) in [6.45, 7) is 1.98. The van der Waals surface area contributed by atoms with Gasteiger partial charge in [-0.15, -0.1) is 11.3 Å². The number of aromatic nitrogens is 1. The van der Waals surface area contributed by atoms with Crippen molar-refractivity contribution in [2.75, 3.05) is 5.32 Å². The summed E-state index contributed by atoms with van der Waals surface area (Å²) in [4.78, 5) is 15.9. The van der Waals surface area contributed by atoms with Crippen molar-refractivity contribution in [3.8, 4) is 11.3 Å². The van der Waals surface area contributed by atoms with Crippen molar-refractivity contribution in [2.45, 2.75) is 51.2 Å². The van der Waals surface area contributed by atoms with E-state index in [4.69, 9.17) is 15.5 Å². The summed E-state index contributed by atoms with van der Waals surface area (Å²) in [6.07, 6.45) is 4.09. The second kappa shape index (κ2) is 9.41. The van der Waals surface area contributed by atoms with Crippen LogP contribution in [0, 0.1) is 0 Å². The second-order valence-corrected chi connectivity index (χ2v) is 8.59. The Hall–Kier alpha value is -2.70. The van der Waals surface area contributed by atoms with Gasteiger partial charge >= 0.3 is 5.97 Å². The van der Waals surface area contributed by atoms with E-state index in [-0.39, 0.29) is 12.1 Å². The summed E-state index contributed by atoms with van der Waals surface area (Å²) in [6, 6.07) is 16.8. The lowest BCUT2D eigenvalue weighted by molar-refractivity contribution is -0.147. The zero-order chi connectivity index (χ0) is 20.9. The maximum Gasteiger partial charge on any atom is 0.302 e. The Bertz CT molecular complexity index is 992. The van der Waals surface area contributed by atoms with Crippen molar-refractivity contribution in [3.05, 3.63) is 65.0 Å². The summed E-state index contributed by atoms with van der Waals surface area (Å²) in [5.41, 5.74) is 11.3. The average molecular weight is 422 g/mol. The van der Waals surface area contributed by atoms with Crippen molar-refractivity contribution >= 4 is 28.1 Å². The van der Waals surface area contributed by atoms with Gasteiger partial charge in [0.05, 0.1) is 5.69 Å². The summed E-state index contributed by atoms with van der Waals surface area (Å²) >= 11 is 1.59. The molecule has 0 spiro atoms. The fourth-order valence-corrected chi connectivity index (χ4v) is 4.81. The Kier molecular flexibility index (Phi) is 6.45. The molecule has 4 rings (SSSR count). The van der Waals surface area contributed by atoms with Gasteiger partial charge in [0, 0.05) is 30.1 Å². The number of ether oxygens (including phenoxy) is 1. The summed E-state index contributed by atoms with van der Waals surface area (Å²) in [5.74, 6) is 0.359. The van der Waals surface area contributed by atoms with Crippen LogP contribution in [0.2, 0.25) is 0 Å². The van der Waals surface area contributed by atoms with Gasteiger partial charge in [0.1, 0.15) is 6.10 Å². The highest BCUT2D eigenvalue weighted by molar-refractivity contribution is 7.14. The van der Waals surface area contributed by atoms with Crippen molar-refractivity contribution in [3.63, 3.8) is 0 Å². The molecule has 30 heavy (non-hydrogen) atoms. The van der Waals surface area contributed by atoms with E-state index in [1.165, 1.54) is 12.5 Å². The van der Waals surface area contributed by atoms with Gasteiger partial charge in [0.15, 0.2) is 5.13 Å². The predicted molar refractivity (Wildman–Crippen MR) is 122 cm³/mol. The van der Waals surface area contributed by atoms with Crippen LogP contribution in [0.15, 0.2) is 53.9 Å². The molecule has 1 aromatic heterocycles. The molecule has 0 atom stereocenters. The van der Waals surface area contributed by atoms with E-state index in [0.717, 1.165) is 53.3 Å². The Balaban J connectivity index is 1.40. The lowest BCUT2D eigenvalue weighted by Crippen LogP contribution is -2.22.